The van der Waals surface area contributed by atoms with Crippen LogP contribution in [-0.2, 0) is 6.42 Å². The van der Waals surface area contributed by atoms with Gasteiger partial charge < -0.3 is 10.6 Å². The zero-order chi connectivity index (χ0) is 11.7. The highest BCUT2D eigenvalue weighted by atomic mass is 15.0. The van der Waals surface area contributed by atoms with E-state index in [0.717, 1.165) is 18.5 Å². The minimum atomic E-state index is 0.668. The summed E-state index contributed by atoms with van der Waals surface area (Å²) < 4.78 is 0. The third-order valence-electron chi connectivity index (χ3n) is 4.21. The summed E-state index contributed by atoms with van der Waals surface area (Å²) in [6, 6.07) is 11.1. The van der Waals surface area contributed by atoms with Crippen molar-refractivity contribution in [1.82, 2.24) is 5.32 Å². The average molecular weight is 230 g/mol. The molecule has 3 rings (SSSR count). The van der Waals surface area contributed by atoms with E-state index in [1.165, 1.54) is 36.9 Å². The molecular weight excluding hydrogens is 208 g/mol. The number of rotatable bonds is 3. The summed E-state index contributed by atoms with van der Waals surface area (Å²) in [5, 5.41) is 7.38. The summed E-state index contributed by atoms with van der Waals surface area (Å²) in [6.07, 6.45) is 6.44. The summed E-state index contributed by atoms with van der Waals surface area (Å²) in [7, 11) is 0. The molecule has 0 amide bonds. The Hall–Kier alpha value is -1.02. The van der Waals surface area contributed by atoms with E-state index in [1.807, 2.05) is 0 Å². The summed E-state index contributed by atoms with van der Waals surface area (Å²) >= 11 is 0. The number of benzene rings is 1. The number of aryl methyl sites for hydroxylation is 1. The molecule has 2 aliphatic rings. The van der Waals surface area contributed by atoms with Gasteiger partial charge in [-0.25, -0.2) is 0 Å². The highest BCUT2D eigenvalue weighted by Gasteiger charge is 2.33. The molecule has 0 spiro atoms. The van der Waals surface area contributed by atoms with Gasteiger partial charge in [0.15, 0.2) is 0 Å². The maximum atomic E-state index is 3.69. The maximum Gasteiger partial charge on any atom is 0.0342 e. The quantitative estimate of drug-likeness (QED) is 0.834. The summed E-state index contributed by atoms with van der Waals surface area (Å²) in [6.45, 7) is 2.20. The fourth-order valence-corrected chi connectivity index (χ4v) is 3.25. The molecule has 1 aromatic carbocycles. The first-order valence-corrected chi connectivity index (χ1v) is 6.95. The molecule has 2 atom stereocenters. The lowest BCUT2D eigenvalue weighted by molar-refractivity contribution is 0.378. The second-order valence-corrected chi connectivity index (χ2v) is 5.50. The van der Waals surface area contributed by atoms with Crippen LogP contribution in [0, 0.1) is 0 Å². The summed E-state index contributed by atoms with van der Waals surface area (Å²) in [5.74, 6) is 0. The van der Waals surface area contributed by atoms with Crippen LogP contribution in [0.25, 0.3) is 0 Å². The van der Waals surface area contributed by atoms with Crippen LogP contribution in [-0.4, -0.2) is 18.1 Å². The van der Waals surface area contributed by atoms with E-state index in [2.05, 4.69) is 41.8 Å². The first-order chi connectivity index (χ1) is 8.33. The third kappa shape index (κ3) is 2.47. The highest BCUT2D eigenvalue weighted by Crippen LogP contribution is 2.28. The van der Waals surface area contributed by atoms with Crippen molar-refractivity contribution < 1.29 is 0 Å². The lowest BCUT2D eigenvalue weighted by atomic mass is 9.99. The predicted molar refractivity (Wildman–Crippen MR) is 72.4 cm³/mol. The summed E-state index contributed by atoms with van der Waals surface area (Å²) in [4.78, 5) is 0. The van der Waals surface area contributed by atoms with E-state index in [-0.39, 0.29) is 0 Å². The van der Waals surface area contributed by atoms with E-state index >= 15 is 0 Å². The minimum Gasteiger partial charge on any atom is -0.382 e. The molecule has 2 aliphatic heterocycles. The van der Waals surface area contributed by atoms with E-state index < -0.39 is 0 Å². The molecule has 2 unspecified atom stereocenters. The van der Waals surface area contributed by atoms with Crippen LogP contribution in [0.15, 0.2) is 24.3 Å². The maximum absolute atomic E-state index is 3.69. The van der Waals surface area contributed by atoms with Crippen molar-refractivity contribution in [2.45, 2.75) is 57.2 Å². The van der Waals surface area contributed by atoms with Crippen molar-refractivity contribution in [3.8, 4) is 0 Å². The van der Waals surface area contributed by atoms with Crippen molar-refractivity contribution in [2.75, 3.05) is 5.32 Å². The van der Waals surface area contributed by atoms with Gasteiger partial charge in [-0.15, -0.1) is 0 Å². The largest absolute Gasteiger partial charge is 0.382 e. The molecule has 0 aliphatic carbocycles. The normalized spacial score (nSPS) is 31.5. The Morgan fingerprint density at radius 2 is 1.76 bits per heavy atom. The predicted octanol–water partition coefficient (Wildman–Crippen LogP) is 2.94. The molecule has 0 aromatic heterocycles. The van der Waals surface area contributed by atoms with Gasteiger partial charge in [0, 0.05) is 23.8 Å². The first-order valence-electron chi connectivity index (χ1n) is 6.95. The monoisotopic (exact) mass is 230 g/mol. The average Bonchev–Trinajstić information content (AvgIpc) is 2.70. The van der Waals surface area contributed by atoms with Gasteiger partial charge in [-0.2, -0.15) is 0 Å². The van der Waals surface area contributed by atoms with Gasteiger partial charge in [-0.1, -0.05) is 19.1 Å². The third-order valence-corrected chi connectivity index (χ3v) is 4.21. The smallest absolute Gasteiger partial charge is 0.0342 e. The van der Waals surface area contributed by atoms with E-state index in [1.54, 1.807) is 0 Å². The number of nitrogens with one attached hydrogen (secondary N) is 2. The second-order valence-electron chi connectivity index (χ2n) is 5.50. The van der Waals surface area contributed by atoms with Gasteiger partial charge in [-0.05, 0) is 49.8 Å². The number of fused-ring (bicyclic) bond motifs is 2. The van der Waals surface area contributed by atoms with Gasteiger partial charge in [0.05, 0.1) is 0 Å². The Bertz CT molecular complexity index is 359. The molecule has 0 saturated carbocycles. The van der Waals surface area contributed by atoms with Crippen LogP contribution in [0.2, 0.25) is 0 Å². The Morgan fingerprint density at radius 1 is 1.12 bits per heavy atom. The van der Waals surface area contributed by atoms with Crippen molar-refractivity contribution in [3.05, 3.63) is 29.8 Å². The molecule has 2 saturated heterocycles. The molecule has 2 nitrogen and oxygen atoms in total. The van der Waals surface area contributed by atoms with E-state index in [0.29, 0.717) is 6.04 Å². The number of hydrogen-bond donors (Lipinski definition) is 2. The van der Waals surface area contributed by atoms with E-state index in [4.69, 9.17) is 0 Å². The lowest BCUT2D eigenvalue weighted by Gasteiger charge is -2.30. The molecule has 0 radical (unpaired) electrons. The Balaban J connectivity index is 1.62. The SMILES string of the molecule is CCc1ccc(NC2CC3CCC(C2)N3)cc1. The molecule has 92 valence electrons. The Morgan fingerprint density at radius 3 is 2.35 bits per heavy atom. The van der Waals surface area contributed by atoms with Gasteiger partial charge in [0.1, 0.15) is 0 Å². The van der Waals surface area contributed by atoms with Crippen molar-refractivity contribution in [3.63, 3.8) is 0 Å². The van der Waals surface area contributed by atoms with Crippen molar-refractivity contribution >= 4 is 5.69 Å². The van der Waals surface area contributed by atoms with Crippen LogP contribution in [0.5, 0.6) is 0 Å². The van der Waals surface area contributed by atoms with Crippen LogP contribution < -0.4 is 10.6 Å². The molecule has 2 fully saturated rings. The van der Waals surface area contributed by atoms with Crippen molar-refractivity contribution in [2.24, 2.45) is 0 Å². The number of piperidine rings is 1. The minimum absolute atomic E-state index is 0.668. The Labute approximate surface area is 104 Å². The van der Waals surface area contributed by atoms with Gasteiger partial charge in [0.2, 0.25) is 0 Å². The lowest BCUT2D eigenvalue weighted by Crippen LogP contribution is -2.43. The second kappa shape index (κ2) is 4.69. The van der Waals surface area contributed by atoms with Crippen LogP contribution in [0.4, 0.5) is 5.69 Å². The molecule has 2 N–H and O–H groups in total. The zero-order valence-electron chi connectivity index (χ0n) is 10.6. The molecule has 2 heterocycles. The van der Waals surface area contributed by atoms with Crippen LogP contribution in [0.1, 0.15) is 38.2 Å². The standard InChI is InChI=1S/C15H22N2/c1-2-11-3-5-12(6-4-11)16-15-9-13-7-8-14(10-15)17-13/h3-6,13-17H,2,7-10H2,1H3. The van der Waals surface area contributed by atoms with Gasteiger partial charge >= 0.3 is 0 Å². The zero-order valence-corrected chi connectivity index (χ0v) is 10.6. The van der Waals surface area contributed by atoms with Gasteiger partial charge in [0.25, 0.3) is 0 Å². The fourth-order valence-electron chi connectivity index (χ4n) is 3.25. The van der Waals surface area contributed by atoms with Gasteiger partial charge in [-0.3, -0.25) is 0 Å². The molecule has 17 heavy (non-hydrogen) atoms. The highest BCUT2D eigenvalue weighted by molar-refractivity contribution is 5.45. The first kappa shape index (κ1) is 11.1. The molecular formula is C15H22N2. The number of hydrogen-bond acceptors (Lipinski definition) is 2. The molecule has 1 aromatic rings. The molecule has 2 heteroatoms. The van der Waals surface area contributed by atoms with Crippen LogP contribution in [0.3, 0.4) is 0 Å². The van der Waals surface area contributed by atoms with E-state index in [9.17, 15) is 0 Å². The summed E-state index contributed by atoms with van der Waals surface area (Å²) in [5.41, 5.74) is 2.70. The molecule has 2 bridgehead atoms. The van der Waals surface area contributed by atoms with Crippen LogP contribution >= 0.6 is 0 Å². The fraction of sp³-hybridized carbons (Fsp3) is 0.600. The Kier molecular flexibility index (Phi) is 3.06. The topological polar surface area (TPSA) is 24.1 Å². The number of anilines is 1. The van der Waals surface area contributed by atoms with Crippen molar-refractivity contribution in [1.29, 1.82) is 0 Å².